The first-order chi connectivity index (χ1) is 5.57. The fourth-order valence-corrected chi connectivity index (χ4v) is 1.79. The Morgan fingerprint density at radius 2 is 2.33 bits per heavy atom. The topological polar surface area (TPSA) is 70.3 Å². The lowest BCUT2D eigenvalue weighted by molar-refractivity contribution is 0.474. The van der Waals surface area contributed by atoms with Crippen LogP contribution in [0.15, 0.2) is 6.20 Å². The summed E-state index contributed by atoms with van der Waals surface area (Å²) in [6.45, 7) is 1.49. The van der Waals surface area contributed by atoms with Crippen molar-refractivity contribution < 1.29 is 9.11 Å². The Hall–Kier alpha value is -0.560. The second-order valence-electron chi connectivity index (χ2n) is 2.90. The van der Waals surface area contributed by atoms with E-state index in [1.54, 1.807) is 6.20 Å². The van der Waals surface area contributed by atoms with E-state index < -0.39 is 10.8 Å². The monoisotopic (exact) mass is 189 g/mol. The molecule has 1 aromatic heterocycles. The Kier molecular flexibility index (Phi) is 1.65. The number of hydrogen-bond acceptors (Lipinski definition) is 4. The molecule has 3 N–H and O–H groups in total. The van der Waals surface area contributed by atoms with Crippen molar-refractivity contribution in [2.45, 2.75) is 13.1 Å². The molecule has 0 spiro atoms. The van der Waals surface area contributed by atoms with Crippen LogP contribution in [0.25, 0.3) is 0 Å². The van der Waals surface area contributed by atoms with E-state index in [0.29, 0.717) is 0 Å². The van der Waals surface area contributed by atoms with E-state index in [1.807, 2.05) is 0 Å². The molecule has 2 heterocycles. The van der Waals surface area contributed by atoms with Crippen LogP contribution in [0.2, 0.25) is 0 Å². The minimum atomic E-state index is -2.70. The zero-order valence-corrected chi connectivity index (χ0v) is 7.51. The summed E-state index contributed by atoms with van der Waals surface area (Å²) in [5.74, 6) is 0. The molecule has 1 aromatic rings. The smallest absolute Gasteiger partial charge is 0.0826 e. The first-order valence-corrected chi connectivity index (χ1v) is 5.50. The van der Waals surface area contributed by atoms with Gasteiger partial charge in [0.1, 0.15) is 0 Å². The van der Waals surface area contributed by atoms with Gasteiger partial charge in [0.15, 0.2) is 0 Å². The third-order valence-electron chi connectivity index (χ3n) is 1.82. The third-order valence-corrected chi connectivity index (χ3v) is 2.71. The lowest BCUT2D eigenvalue weighted by Gasteiger charge is -2.26. The number of aromatic nitrogens is 2. The van der Waals surface area contributed by atoms with Crippen LogP contribution in [0.3, 0.4) is 0 Å². The SMILES string of the molecule is CS(O)(O)n1cc2c(n1)CNC2. The Bertz CT molecular complexity index is 283. The summed E-state index contributed by atoms with van der Waals surface area (Å²) in [6.07, 6.45) is 3.05. The molecule has 1 aliphatic rings. The highest BCUT2D eigenvalue weighted by Crippen LogP contribution is 2.35. The zero-order chi connectivity index (χ0) is 8.77. The van der Waals surface area contributed by atoms with Gasteiger partial charge in [0.25, 0.3) is 0 Å². The maximum Gasteiger partial charge on any atom is 0.0826 e. The van der Waals surface area contributed by atoms with E-state index >= 15 is 0 Å². The Morgan fingerprint density at radius 1 is 1.58 bits per heavy atom. The predicted molar refractivity (Wildman–Crippen MR) is 46.9 cm³/mol. The molecule has 0 saturated carbocycles. The van der Waals surface area contributed by atoms with Crippen LogP contribution in [0, 0.1) is 0 Å². The molecule has 0 radical (unpaired) electrons. The summed E-state index contributed by atoms with van der Waals surface area (Å²) in [6, 6.07) is 0. The molecule has 0 fully saturated rings. The lowest BCUT2D eigenvalue weighted by Crippen LogP contribution is -2.10. The summed E-state index contributed by atoms with van der Waals surface area (Å²) < 4.78 is 19.8. The van der Waals surface area contributed by atoms with Gasteiger partial charge in [-0.05, 0) is 0 Å². The summed E-state index contributed by atoms with van der Waals surface area (Å²) in [7, 11) is -2.70. The number of rotatable bonds is 1. The molecule has 1 aliphatic heterocycles. The molecule has 2 rings (SSSR count). The molecule has 5 nitrogen and oxygen atoms in total. The average Bonchev–Trinajstić information content (AvgIpc) is 2.37. The standard InChI is InChI=1S/C6H11N3O2S/c1-12(10,11)9-4-5-2-7-3-6(5)8-9/h4,7,10-11H,2-3H2,1H3. The Labute approximate surface area is 71.9 Å². The maximum absolute atomic E-state index is 9.27. The molecule has 0 atom stereocenters. The largest absolute Gasteiger partial charge is 0.307 e. The maximum atomic E-state index is 9.27. The summed E-state index contributed by atoms with van der Waals surface area (Å²) in [4.78, 5) is 0. The highest BCUT2D eigenvalue weighted by atomic mass is 32.3. The fourth-order valence-electron chi connectivity index (χ4n) is 1.21. The van der Waals surface area contributed by atoms with Crippen molar-refractivity contribution in [1.82, 2.24) is 14.5 Å². The van der Waals surface area contributed by atoms with Crippen molar-refractivity contribution in [2.24, 2.45) is 0 Å². The van der Waals surface area contributed by atoms with Crippen LogP contribution in [-0.4, -0.2) is 24.5 Å². The molecule has 68 valence electrons. The number of hydrogen-bond donors (Lipinski definition) is 3. The molecule has 0 saturated heterocycles. The van der Waals surface area contributed by atoms with Crippen LogP contribution in [0.1, 0.15) is 11.3 Å². The predicted octanol–water partition coefficient (Wildman–Crippen LogP) is 0.630. The molecule has 0 aliphatic carbocycles. The molecular weight excluding hydrogens is 178 g/mol. The first-order valence-electron chi connectivity index (χ1n) is 3.59. The highest BCUT2D eigenvalue weighted by Gasteiger charge is 2.18. The van der Waals surface area contributed by atoms with E-state index in [1.165, 1.54) is 10.3 Å². The molecule has 12 heavy (non-hydrogen) atoms. The minimum Gasteiger partial charge on any atom is -0.307 e. The van der Waals surface area contributed by atoms with Gasteiger partial charge in [0.2, 0.25) is 0 Å². The Morgan fingerprint density at radius 3 is 2.92 bits per heavy atom. The minimum absolute atomic E-state index is 0.720. The average molecular weight is 189 g/mol. The summed E-state index contributed by atoms with van der Waals surface area (Å²) in [5, 5.41) is 7.17. The van der Waals surface area contributed by atoms with Gasteiger partial charge < -0.3 is 5.32 Å². The molecule has 0 amide bonds. The number of nitrogens with one attached hydrogen (secondary N) is 1. The van der Waals surface area contributed by atoms with Crippen LogP contribution < -0.4 is 5.32 Å². The summed E-state index contributed by atoms with van der Waals surface area (Å²) in [5.41, 5.74) is 1.97. The van der Waals surface area contributed by atoms with E-state index in [4.69, 9.17) is 0 Å². The lowest BCUT2D eigenvalue weighted by atomic mass is 10.3. The fraction of sp³-hybridized carbons (Fsp3) is 0.500. The van der Waals surface area contributed by atoms with Gasteiger partial charge in [-0.15, -0.1) is 10.8 Å². The van der Waals surface area contributed by atoms with Crippen LogP contribution >= 0.6 is 10.8 Å². The second kappa shape index (κ2) is 2.46. The van der Waals surface area contributed by atoms with Gasteiger partial charge in [0.05, 0.1) is 11.9 Å². The van der Waals surface area contributed by atoms with E-state index in [0.717, 1.165) is 24.3 Å². The molecule has 6 heteroatoms. The molecule has 0 bridgehead atoms. The van der Waals surface area contributed by atoms with E-state index in [-0.39, 0.29) is 0 Å². The van der Waals surface area contributed by atoms with Crippen molar-refractivity contribution in [3.63, 3.8) is 0 Å². The van der Waals surface area contributed by atoms with Crippen molar-refractivity contribution >= 4 is 10.8 Å². The second-order valence-corrected chi connectivity index (χ2v) is 4.86. The van der Waals surface area contributed by atoms with Crippen LogP contribution in [-0.2, 0) is 13.1 Å². The van der Waals surface area contributed by atoms with Gasteiger partial charge in [-0.25, -0.2) is 0 Å². The van der Waals surface area contributed by atoms with Gasteiger partial charge in [-0.2, -0.15) is 9.19 Å². The van der Waals surface area contributed by atoms with Crippen molar-refractivity contribution in [2.75, 3.05) is 6.26 Å². The third kappa shape index (κ3) is 1.22. The van der Waals surface area contributed by atoms with Gasteiger partial charge in [0, 0.05) is 24.9 Å². The van der Waals surface area contributed by atoms with Crippen LogP contribution in [0.5, 0.6) is 0 Å². The molecule has 0 unspecified atom stereocenters. The van der Waals surface area contributed by atoms with Gasteiger partial charge in [-0.3, -0.25) is 9.11 Å². The van der Waals surface area contributed by atoms with Crippen molar-refractivity contribution in [3.8, 4) is 0 Å². The molecule has 0 aromatic carbocycles. The highest BCUT2D eigenvalue weighted by molar-refractivity contribution is 8.22. The van der Waals surface area contributed by atoms with Gasteiger partial charge >= 0.3 is 0 Å². The van der Waals surface area contributed by atoms with Crippen molar-refractivity contribution in [1.29, 1.82) is 0 Å². The zero-order valence-electron chi connectivity index (χ0n) is 6.69. The van der Waals surface area contributed by atoms with Crippen LogP contribution in [0.4, 0.5) is 0 Å². The summed E-state index contributed by atoms with van der Waals surface area (Å²) >= 11 is 0. The van der Waals surface area contributed by atoms with Gasteiger partial charge in [-0.1, -0.05) is 0 Å². The van der Waals surface area contributed by atoms with E-state index in [2.05, 4.69) is 10.4 Å². The molecular formula is C6H11N3O2S. The van der Waals surface area contributed by atoms with E-state index in [9.17, 15) is 9.11 Å². The quantitative estimate of drug-likeness (QED) is 0.606. The number of fused-ring (bicyclic) bond motifs is 1. The Balaban J connectivity index is 2.38. The number of nitrogens with zero attached hydrogens (tertiary/aromatic N) is 2. The normalized spacial score (nSPS) is 17.9. The first kappa shape index (κ1) is 8.06. The van der Waals surface area contributed by atoms with Crippen molar-refractivity contribution in [3.05, 3.63) is 17.5 Å².